The summed E-state index contributed by atoms with van der Waals surface area (Å²) in [6, 6.07) is 0.426. The summed E-state index contributed by atoms with van der Waals surface area (Å²) in [6.07, 6.45) is 5.06. The fourth-order valence-corrected chi connectivity index (χ4v) is 1.48. The summed E-state index contributed by atoms with van der Waals surface area (Å²) < 4.78 is 1.82. The first-order valence-corrected chi connectivity index (χ1v) is 5.92. The first-order chi connectivity index (χ1) is 7.63. The highest BCUT2D eigenvalue weighted by molar-refractivity contribution is 5.95. The lowest BCUT2D eigenvalue weighted by Gasteiger charge is -2.05. The van der Waals surface area contributed by atoms with Gasteiger partial charge in [-0.1, -0.05) is 20.8 Å². The van der Waals surface area contributed by atoms with E-state index in [-0.39, 0.29) is 5.78 Å². The molecule has 0 aliphatic heterocycles. The Hall–Kier alpha value is -1.16. The molecular formula is C12H21N3O. The molecule has 90 valence electrons. The van der Waals surface area contributed by atoms with Crippen LogP contribution < -0.4 is 5.32 Å². The molecule has 0 fully saturated rings. The van der Waals surface area contributed by atoms with Crippen molar-refractivity contribution in [3.8, 4) is 0 Å². The van der Waals surface area contributed by atoms with Gasteiger partial charge in [-0.05, 0) is 6.42 Å². The Bertz CT molecular complexity index is 331. The van der Waals surface area contributed by atoms with Crippen molar-refractivity contribution >= 4 is 5.78 Å². The number of carbonyl (C=O) groups excluding carboxylic acids is 1. The first kappa shape index (κ1) is 12.9. The van der Waals surface area contributed by atoms with Gasteiger partial charge in [-0.25, -0.2) is 0 Å². The molecule has 0 spiro atoms. The maximum Gasteiger partial charge on any atom is 0.167 e. The van der Waals surface area contributed by atoms with Gasteiger partial charge in [0.05, 0.1) is 11.8 Å². The van der Waals surface area contributed by atoms with E-state index in [1.165, 1.54) is 0 Å². The van der Waals surface area contributed by atoms with Crippen LogP contribution in [0.5, 0.6) is 0 Å². The molecule has 0 radical (unpaired) electrons. The van der Waals surface area contributed by atoms with Crippen LogP contribution in [0, 0.1) is 0 Å². The van der Waals surface area contributed by atoms with E-state index in [4.69, 9.17) is 0 Å². The van der Waals surface area contributed by atoms with Gasteiger partial charge in [0.15, 0.2) is 5.78 Å². The minimum atomic E-state index is 0.163. The highest BCUT2D eigenvalue weighted by atomic mass is 16.1. The minimum absolute atomic E-state index is 0.163. The molecule has 0 saturated heterocycles. The molecule has 16 heavy (non-hydrogen) atoms. The Morgan fingerprint density at radius 3 is 2.94 bits per heavy atom. The van der Waals surface area contributed by atoms with Crippen molar-refractivity contribution in [2.75, 3.05) is 6.54 Å². The lowest BCUT2D eigenvalue weighted by molar-refractivity contribution is 0.0982. The predicted molar refractivity (Wildman–Crippen MR) is 64.6 cm³/mol. The van der Waals surface area contributed by atoms with Crippen LogP contribution in [0.1, 0.15) is 44.0 Å². The molecule has 4 nitrogen and oxygen atoms in total. The Kier molecular flexibility index (Phi) is 5.19. The van der Waals surface area contributed by atoms with Gasteiger partial charge in [0.1, 0.15) is 0 Å². The summed E-state index contributed by atoms with van der Waals surface area (Å²) in [5, 5.41) is 7.38. The van der Waals surface area contributed by atoms with Crippen LogP contribution in [0.3, 0.4) is 0 Å². The van der Waals surface area contributed by atoms with Gasteiger partial charge < -0.3 is 5.32 Å². The number of aryl methyl sites for hydroxylation is 1. The second kappa shape index (κ2) is 6.43. The second-order valence-electron chi connectivity index (χ2n) is 4.27. The van der Waals surface area contributed by atoms with E-state index >= 15 is 0 Å². The number of nitrogens with one attached hydrogen (secondary N) is 1. The van der Waals surface area contributed by atoms with E-state index in [0.717, 1.165) is 25.1 Å². The summed E-state index contributed by atoms with van der Waals surface area (Å²) in [5.41, 5.74) is 0.721. The quantitative estimate of drug-likeness (QED) is 0.718. The van der Waals surface area contributed by atoms with Crippen LogP contribution in [-0.2, 0) is 6.54 Å². The Labute approximate surface area is 97.0 Å². The highest BCUT2D eigenvalue weighted by Gasteiger charge is 2.08. The van der Waals surface area contributed by atoms with Crippen LogP contribution in [0.15, 0.2) is 12.4 Å². The largest absolute Gasteiger partial charge is 0.314 e. The molecule has 0 amide bonds. The smallest absolute Gasteiger partial charge is 0.167 e. The number of hydrogen-bond acceptors (Lipinski definition) is 3. The van der Waals surface area contributed by atoms with Crippen molar-refractivity contribution in [1.82, 2.24) is 15.1 Å². The SMILES string of the molecule is CCCn1cc(C(=O)CCNC(C)C)cn1. The second-order valence-corrected chi connectivity index (χ2v) is 4.27. The summed E-state index contributed by atoms with van der Waals surface area (Å²) in [4.78, 5) is 11.8. The van der Waals surface area contributed by atoms with Crippen LogP contribution in [0.4, 0.5) is 0 Å². The molecule has 1 aromatic rings. The lowest BCUT2D eigenvalue weighted by atomic mass is 10.2. The predicted octanol–water partition coefficient (Wildman–Crippen LogP) is 1.86. The fourth-order valence-electron chi connectivity index (χ4n) is 1.48. The molecule has 0 atom stereocenters. The summed E-state index contributed by atoms with van der Waals surface area (Å²) in [6.45, 7) is 7.84. The number of rotatable bonds is 7. The molecule has 0 aliphatic rings. The monoisotopic (exact) mass is 223 g/mol. The molecule has 0 bridgehead atoms. The first-order valence-electron chi connectivity index (χ1n) is 5.92. The van der Waals surface area contributed by atoms with E-state index in [1.54, 1.807) is 6.20 Å². The van der Waals surface area contributed by atoms with E-state index in [1.807, 2.05) is 10.9 Å². The van der Waals surface area contributed by atoms with Crippen molar-refractivity contribution in [2.45, 2.75) is 46.2 Å². The zero-order valence-electron chi connectivity index (χ0n) is 10.4. The van der Waals surface area contributed by atoms with Gasteiger partial charge in [-0.3, -0.25) is 9.48 Å². The molecular weight excluding hydrogens is 202 g/mol. The topological polar surface area (TPSA) is 46.9 Å². The van der Waals surface area contributed by atoms with Crippen LogP contribution in [-0.4, -0.2) is 28.2 Å². The normalized spacial score (nSPS) is 11.0. The summed E-state index contributed by atoms with van der Waals surface area (Å²) in [7, 11) is 0. The van der Waals surface area contributed by atoms with Crippen molar-refractivity contribution in [2.24, 2.45) is 0 Å². The number of ketones is 1. The molecule has 1 aromatic heterocycles. The number of nitrogens with zero attached hydrogens (tertiary/aromatic N) is 2. The summed E-state index contributed by atoms with van der Waals surface area (Å²) in [5.74, 6) is 0.163. The third kappa shape index (κ3) is 4.14. The molecule has 0 saturated carbocycles. The zero-order chi connectivity index (χ0) is 12.0. The van der Waals surface area contributed by atoms with Gasteiger partial charge in [0.2, 0.25) is 0 Å². The zero-order valence-corrected chi connectivity index (χ0v) is 10.4. The molecule has 4 heteroatoms. The Balaban J connectivity index is 2.40. The molecule has 1 heterocycles. The summed E-state index contributed by atoms with van der Waals surface area (Å²) >= 11 is 0. The Morgan fingerprint density at radius 1 is 1.56 bits per heavy atom. The van der Waals surface area contributed by atoms with Gasteiger partial charge in [-0.15, -0.1) is 0 Å². The van der Waals surface area contributed by atoms with E-state index in [2.05, 4.69) is 31.2 Å². The maximum absolute atomic E-state index is 11.8. The number of Topliss-reactive ketones (excluding diaryl/α,β-unsaturated/α-hetero) is 1. The average molecular weight is 223 g/mol. The van der Waals surface area contributed by atoms with Crippen molar-refractivity contribution in [1.29, 1.82) is 0 Å². The fraction of sp³-hybridized carbons (Fsp3) is 0.667. The Morgan fingerprint density at radius 2 is 2.31 bits per heavy atom. The van der Waals surface area contributed by atoms with E-state index in [0.29, 0.717) is 12.5 Å². The number of carbonyl (C=O) groups is 1. The van der Waals surface area contributed by atoms with E-state index < -0.39 is 0 Å². The lowest BCUT2D eigenvalue weighted by Crippen LogP contribution is -2.25. The number of aromatic nitrogens is 2. The van der Waals surface area contributed by atoms with Gasteiger partial charge in [0, 0.05) is 31.7 Å². The van der Waals surface area contributed by atoms with Crippen LogP contribution in [0.2, 0.25) is 0 Å². The van der Waals surface area contributed by atoms with Crippen molar-refractivity contribution < 1.29 is 4.79 Å². The third-order valence-electron chi connectivity index (χ3n) is 2.31. The van der Waals surface area contributed by atoms with Gasteiger partial charge >= 0.3 is 0 Å². The van der Waals surface area contributed by atoms with Crippen molar-refractivity contribution in [3.63, 3.8) is 0 Å². The average Bonchev–Trinajstić information content (AvgIpc) is 2.66. The van der Waals surface area contributed by atoms with Gasteiger partial charge in [-0.2, -0.15) is 5.10 Å². The highest BCUT2D eigenvalue weighted by Crippen LogP contribution is 2.02. The van der Waals surface area contributed by atoms with Crippen molar-refractivity contribution in [3.05, 3.63) is 18.0 Å². The van der Waals surface area contributed by atoms with E-state index in [9.17, 15) is 4.79 Å². The number of hydrogen-bond donors (Lipinski definition) is 1. The molecule has 0 unspecified atom stereocenters. The maximum atomic E-state index is 11.8. The molecule has 0 aliphatic carbocycles. The molecule has 1 rings (SSSR count). The standard InChI is InChI=1S/C12H21N3O/c1-4-7-15-9-11(8-14-15)12(16)5-6-13-10(2)3/h8-10,13H,4-7H2,1-3H3. The van der Waals surface area contributed by atoms with Gasteiger partial charge in [0.25, 0.3) is 0 Å². The third-order valence-corrected chi connectivity index (χ3v) is 2.31. The molecule has 0 aromatic carbocycles. The van der Waals surface area contributed by atoms with Crippen LogP contribution in [0.25, 0.3) is 0 Å². The van der Waals surface area contributed by atoms with Crippen LogP contribution >= 0.6 is 0 Å². The molecule has 1 N–H and O–H groups in total. The minimum Gasteiger partial charge on any atom is -0.314 e.